The molecule has 2 aliphatic rings. The van der Waals surface area contributed by atoms with Gasteiger partial charge in [0, 0.05) is 30.1 Å². The van der Waals surface area contributed by atoms with Crippen LogP contribution in [0, 0.1) is 11.3 Å². The SMILES string of the molecule is [2H]C([2H])([2H])Oc1cc2c(cc1OC)C1CC(O)C(C([2H])([2H])C(C)(C([2H])([2H])[2H])C([2H])([2H])[2H])CN1CC2. The summed E-state index contributed by atoms with van der Waals surface area (Å²) in [6, 6.07) is 2.86. The second-order valence-corrected chi connectivity index (χ2v) is 6.74. The first kappa shape index (κ1) is 8.41. The number of ether oxygens (including phenoxy) is 2. The van der Waals surface area contributed by atoms with Crippen LogP contribution >= 0.6 is 0 Å². The van der Waals surface area contributed by atoms with Crippen molar-refractivity contribution < 1.29 is 29.7 Å². The molecule has 1 aromatic carbocycles. The summed E-state index contributed by atoms with van der Waals surface area (Å²) in [7, 11) is -1.29. The van der Waals surface area contributed by atoms with Crippen molar-refractivity contribution in [3.05, 3.63) is 23.3 Å². The fourth-order valence-electron chi connectivity index (χ4n) is 3.77. The third-order valence-electron chi connectivity index (χ3n) is 4.84. The number of benzene rings is 1. The first-order valence-electron chi connectivity index (χ1n) is 13.6. The van der Waals surface area contributed by atoms with Gasteiger partial charge in [0.05, 0.1) is 24.4 Å². The van der Waals surface area contributed by atoms with E-state index in [4.69, 9.17) is 24.6 Å². The molecular formula is C20H31NO3. The van der Waals surface area contributed by atoms with E-state index < -0.39 is 44.6 Å². The minimum Gasteiger partial charge on any atom is -0.493 e. The lowest BCUT2D eigenvalue weighted by Gasteiger charge is -2.47. The fourth-order valence-corrected chi connectivity index (χ4v) is 3.77. The van der Waals surface area contributed by atoms with E-state index in [0.29, 0.717) is 13.0 Å². The summed E-state index contributed by atoms with van der Waals surface area (Å²) in [5, 5.41) is 11.0. The topological polar surface area (TPSA) is 41.9 Å². The molecule has 1 saturated heterocycles. The van der Waals surface area contributed by atoms with Gasteiger partial charge in [-0.25, -0.2) is 0 Å². The van der Waals surface area contributed by atoms with Gasteiger partial charge in [0.15, 0.2) is 11.5 Å². The smallest absolute Gasteiger partial charge is 0.161 e. The molecule has 2 aliphatic heterocycles. The second-order valence-electron chi connectivity index (χ2n) is 6.74. The number of hydrogen-bond donors (Lipinski definition) is 1. The van der Waals surface area contributed by atoms with Crippen LogP contribution in [0.4, 0.5) is 0 Å². The Morgan fingerprint density at radius 1 is 1.38 bits per heavy atom. The van der Waals surface area contributed by atoms with Crippen LogP contribution in [0.3, 0.4) is 0 Å². The summed E-state index contributed by atoms with van der Waals surface area (Å²) in [6.45, 7) is -4.99. The molecule has 1 aromatic rings. The van der Waals surface area contributed by atoms with E-state index in [1.165, 1.54) is 7.11 Å². The molecule has 24 heavy (non-hydrogen) atoms. The van der Waals surface area contributed by atoms with E-state index in [9.17, 15) is 5.11 Å². The molecule has 0 bridgehead atoms. The molecule has 4 heteroatoms. The quantitative estimate of drug-likeness (QED) is 0.912. The highest BCUT2D eigenvalue weighted by Crippen LogP contribution is 2.44. The average Bonchev–Trinajstić information content (AvgIpc) is 2.69. The van der Waals surface area contributed by atoms with Crippen LogP contribution in [-0.4, -0.2) is 43.3 Å². The van der Waals surface area contributed by atoms with Gasteiger partial charge in [-0.3, -0.25) is 4.90 Å². The molecule has 1 fully saturated rings. The maximum Gasteiger partial charge on any atom is 0.161 e. The van der Waals surface area contributed by atoms with Crippen molar-refractivity contribution in [1.82, 2.24) is 4.90 Å². The van der Waals surface area contributed by atoms with Gasteiger partial charge in [-0.2, -0.15) is 0 Å². The van der Waals surface area contributed by atoms with Crippen molar-refractivity contribution in [2.45, 2.75) is 52.0 Å². The highest BCUT2D eigenvalue weighted by atomic mass is 16.5. The number of rotatable bonds is 3. The Labute approximate surface area is 161 Å². The minimum atomic E-state index is -3.14. The molecule has 1 N–H and O–H groups in total. The van der Waals surface area contributed by atoms with Crippen molar-refractivity contribution in [2.24, 2.45) is 11.3 Å². The number of aliphatic hydroxyl groups is 1. The van der Waals surface area contributed by atoms with Crippen LogP contribution in [0.25, 0.3) is 0 Å². The van der Waals surface area contributed by atoms with Gasteiger partial charge in [0.25, 0.3) is 0 Å². The summed E-state index contributed by atoms with van der Waals surface area (Å²) in [6.07, 6.45) is -3.55. The molecule has 3 unspecified atom stereocenters. The van der Waals surface area contributed by atoms with Crippen LogP contribution in [-0.2, 0) is 6.42 Å². The Morgan fingerprint density at radius 3 is 2.88 bits per heavy atom. The molecule has 3 rings (SSSR count). The zero-order valence-electron chi connectivity index (χ0n) is 24.9. The Balaban J connectivity index is 1.97. The maximum atomic E-state index is 11.0. The Hall–Kier alpha value is -1.26. The molecule has 0 spiro atoms. The number of piperidine rings is 1. The highest BCUT2D eigenvalue weighted by molar-refractivity contribution is 5.49. The molecule has 0 amide bonds. The second kappa shape index (κ2) is 6.57. The average molecular weight is 345 g/mol. The van der Waals surface area contributed by atoms with Crippen LogP contribution < -0.4 is 9.47 Å². The third kappa shape index (κ3) is 3.40. The summed E-state index contributed by atoms with van der Waals surface area (Å²) in [5.74, 6) is -0.992. The van der Waals surface area contributed by atoms with Crippen LogP contribution in [0.1, 0.15) is 65.7 Å². The molecule has 134 valence electrons. The zero-order valence-corrected chi connectivity index (χ0v) is 13.9. The number of methoxy groups -OCH3 is 2. The van der Waals surface area contributed by atoms with Gasteiger partial charge in [0.1, 0.15) is 0 Å². The summed E-state index contributed by atoms with van der Waals surface area (Å²) in [5.41, 5.74) is -1.14. The molecule has 0 saturated carbocycles. The van der Waals surface area contributed by atoms with Gasteiger partial charge >= 0.3 is 0 Å². The van der Waals surface area contributed by atoms with Crippen molar-refractivity contribution in [3.8, 4) is 11.5 Å². The van der Waals surface area contributed by atoms with Crippen molar-refractivity contribution >= 4 is 0 Å². The molecule has 4 nitrogen and oxygen atoms in total. The highest BCUT2D eigenvalue weighted by Gasteiger charge is 2.39. The lowest BCUT2D eigenvalue weighted by molar-refractivity contribution is -0.0259. The van der Waals surface area contributed by atoms with Gasteiger partial charge in [-0.1, -0.05) is 20.6 Å². The van der Waals surface area contributed by atoms with Crippen molar-refractivity contribution in [2.75, 3.05) is 27.2 Å². The van der Waals surface area contributed by atoms with Crippen LogP contribution in [0.2, 0.25) is 0 Å². The minimum absolute atomic E-state index is 0.0396. The van der Waals surface area contributed by atoms with Gasteiger partial charge in [-0.15, -0.1) is 0 Å². The molecule has 0 radical (unpaired) electrons. The van der Waals surface area contributed by atoms with Crippen LogP contribution in [0.5, 0.6) is 11.5 Å². The zero-order chi connectivity index (χ0) is 26.8. The van der Waals surface area contributed by atoms with E-state index in [1.54, 1.807) is 12.1 Å². The predicted molar refractivity (Wildman–Crippen MR) is 95.7 cm³/mol. The number of nitrogens with zero attached hydrogens (tertiary/aromatic N) is 1. The molecule has 0 aliphatic carbocycles. The van der Waals surface area contributed by atoms with Crippen molar-refractivity contribution in [1.29, 1.82) is 0 Å². The largest absolute Gasteiger partial charge is 0.493 e. The third-order valence-corrected chi connectivity index (χ3v) is 4.84. The summed E-state index contributed by atoms with van der Waals surface area (Å²) < 4.78 is 97.1. The number of hydrogen-bond acceptors (Lipinski definition) is 4. The first-order chi connectivity index (χ1) is 15.7. The van der Waals surface area contributed by atoms with Gasteiger partial charge < -0.3 is 14.6 Å². The van der Waals surface area contributed by atoms with E-state index in [0.717, 1.165) is 18.1 Å². The fraction of sp³-hybridized carbons (Fsp3) is 0.700. The van der Waals surface area contributed by atoms with E-state index >= 15 is 0 Å². The maximum absolute atomic E-state index is 11.0. The van der Waals surface area contributed by atoms with Gasteiger partial charge in [0.2, 0.25) is 0 Å². The number of fused-ring (bicyclic) bond motifs is 3. The Kier molecular flexibility index (Phi) is 2.30. The molecule has 3 atom stereocenters. The normalized spacial score (nSPS) is 36.3. The summed E-state index contributed by atoms with van der Waals surface area (Å²) in [4.78, 5) is 1.90. The van der Waals surface area contributed by atoms with E-state index in [-0.39, 0.29) is 30.5 Å². The Bertz CT molecular complexity index is 928. The predicted octanol–water partition coefficient (Wildman–Crippen LogP) is 3.42. The van der Waals surface area contributed by atoms with Crippen molar-refractivity contribution in [3.63, 3.8) is 0 Å². The molecule has 0 aromatic heterocycles. The Morgan fingerprint density at radius 2 is 2.17 bits per heavy atom. The van der Waals surface area contributed by atoms with E-state index in [1.807, 2.05) is 4.90 Å². The van der Waals surface area contributed by atoms with Crippen LogP contribution in [0.15, 0.2) is 12.1 Å². The van der Waals surface area contributed by atoms with E-state index in [2.05, 4.69) is 0 Å². The standard InChI is InChI=1S/C20H31NO3/c1-20(2,3)11-14-12-21-7-6-13-8-18(23-4)19(24-5)9-15(13)16(21)10-17(14)22/h8-9,14,16-17,22H,6-7,10-12H2,1-5H3/i1D3,2D3,4D3,11D2. The summed E-state index contributed by atoms with van der Waals surface area (Å²) >= 11 is 0. The molecular weight excluding hydrogens is 302 g/mol. The lowest BCUT2D eigenvalue weighted by Crippen LogP contribution is -2.48. The molecule has 2 heterocycles. The van der Waals surface area contributed by atoms with Gasteiger partial charge in [-0.05, 0) is 53.8 Å². The number of aliphatic hydroxyl groups excluding tert-OH is 1. The monoisotopic (exact) mass is 344 g/mol. The lowest BCUT2D eigenvalue weighted by atomic mass is 9.75. The first-order valence-corrected chi connectivity index (χ1v) is 8.06.